The quantitative estimate of drug-likeness (QED) is 0.344. The van der Waals surface area contributed by atoms with E-state index in [-0.39, 0.29) is 34.8 Å². The average Bonchev–Trinajstić information content (AvgIpc) is 3.58. The molecule has 38 heavy (non-hydrogen) atoms. The molecule has 3 aromatic rings. The Hall–Kier alpha value is -3.64. The molecule has 3 amide bonds. The fourth-order valence-electron chi connectivity index (χ4n) is 4.63. The lowest BCUT2D eigenvalue weighted by atomic mass is 9.94. The van der Waals surface area contributed by atoms with Crippen molar-refractivity contribution in [2.45, 2.75) is 50.7 Å². The van der Waals surface area contributed by atoms with E-state index in [1.54, 1.807) is 18.2 Å². The number of aromatic nitrogens is 1. The molecular formula is C26H31N5O5S2. The average molecular weight is 558 g/mol. The molecule has 2 heterocycles. The van der Waals surface area contributed by atoms with Crippen LogP contribution >= 0.6 is 22.9 Å². The van der Waals surface area contributed by atoms with Crippen LogP contribution in [0.15, 0.2) is 35.7 Å². The van der Waals surface area contributed by atoms with Crippen molar-refractivity contribution in [3.05, 3.63) is 56.7 Å². The molecule has 1 aliphatic carbocycles. The van der Waals surface area contributed by atoms with Crippen LogP contribution < -0.4 is 26.3 Å². The minimum absolute atomic E-state index is 0.0209. The second kappa shape index (κ2) is 12.3. The van der Waals surface area contributed by atoms with Crippen molar-refractivity contribution in [1.82, 2.24) is 14.6 Å². The number of amides is 3. The zero-order chi connectivity index (χ0) is 27.2. The van der Waals surface area contributed by atoms with Gasteiger partial charge in [0.05, 0.1) is 26.5 Å². The van der Waals surface area contributed by atoms with Crippen LogP contribution in [0.1, 0.15) is 68.7 Å². The van der Waals surface area contributed by atoms with E-state index in [0.717, 1.165) is 48.5 Å². The van der Waals surface area contributed by atoms with Crippen LogP contribution in [0, 0.1) is 0 Å². The lowest BCUT2D eigenvalue weighted by molar-refractivity contribution is -0.127. The first-order chi connectivity index (χ1) is 18.3. The summed E-state index contributed by atoms with van der Waals surface area (Å²) in [7, 11) is 3.04. The summed E-state index contributed by atoms with van der Waals surface area (Å²) in [4.78, 5) is 42.2. The standard InChI is InChI=1S/C26H31N5O5S2/c1-35-18-11-10-15(13-19(18)36-2)22(25(33)29-16-7-4-3-5-8-16)31(14-17-9-6-12-37-17)26(34)23-20(27)21(24(28)32)30-38-23/h6,9-13,16,22H,3-5,7-8,14,27H2,1-2H3,(H2,28,32)(H,29,33)/t22-/m1/s1. The number of hydrogen-bond donors (Lipinski definition) is 3. The Bertz CT molecular complexity index is 1290. The van der Waals surface area contributed by atoms with Gasteiger partial charge in [0.25, 0.3) is 11.8 Å². The van der Waals surface area contributed by atoms with Crippen LogP contribution in [-0.2, 0) is 11.3 Å². The predicted molar refractivity (Wildman–Crippen MR) is 147 cm³/mol. The number of carbonyl (C=O) groups is 3. The van der Waals surface area contributed by atoms with E-state index in [4.69, 9.17) is 20.9 Å². The summed E-state index contributed by atoms with van der Waals surface area (Å²) in [5.74, 6) is -0.741. The number of nitrogens with two attached hydrogens (primary N) is 2. The van der Waals surface area contributed by atoms with Crippen LogP contribution in [0.5, 0.6) is 11.5 Å². The van der Waals surface area contributed by atoms with E-state index < -0.39 is 17.9 Å². The second-order valence-electron chi connectivity index (χ2n) is 9.01. The maximum absolute atomic E-state index is 14.0. The zero-order valence-electron chi connectivity index (χ0n) is 21.3. The number of thiophene rings is 1. The van der Waals surface area contributed by atoms with Crippen molar-refractivity contribution in [3.8, 4) is 11.5 Å². The van der Waals surface area contributed by atoms with Crippen molar-refractivity contribution in [3.63, 3.8) is 0 Å². The highest BCUT2D eigenvalue weighted by Crippen LogP contribution is 2.35. The van der Waals surface area contributed by atoms with E-state index in [2.05, 4.69) is 9.69 Å². The third-order valence-electron chi connectivity index (χ3n) is 6.56. The number of ether oxygens (including phenoxy) is 2. The van der Waals surface area contributed by atoms with E-state index >= 15 is 0 Å². The highest BCUT2D eigenvalue weighted by molar-refractivity contribution is 7.10. The Balaban J connectivity index is 1.81. The SMILES string of the molecule is COc1ccc([C@H](C(=O)NC2CCCCC2)N(Cc2cccs2)C(=O)c2snc(C(N)=O)c2N)cc1OC. The van der Waals surface area contributed by atoms with E-state index in [1.807, 2.05) is 17.5 Å². The molecule has 1 fully saturated rings. The third-order valence-corrected chi connectivity index (χ3v) is 8.27. The number of methoxy groups -OCH3 is 2. The zero-order valence-corrected chi connectivity index (χ0v) is 22.9. The summed E-state index contributed by atoms with van der Waals surface area (Å²) >= 11 is 2.25. The maximum atomic E-state index is 14.0. The summed E-state index contributed by atoms with van der Waals surface area (Å²) in [6.45, 7) is 0.136. The van der Waals surface area contributed by atoms with Crippen molar-refractivity contribution in [2.75, 3.05) is 20.0 Å². The topological polar surface area (TPSA) is 150 Å². The number of anilines is 1. The maximum Gasteiger partial charge on any atom is 0.270 e. The molecule has 1 aliphatic rings. The van der Waals surface area contributed by atoms with Crippen LogP contribution in [-0.4, -0.2) is 47.3 Å². The summed E-state index contributed by atoms with van der Waals surface area (Å²) in [5.41, 5.74) is 11.8. The molecule has 202 valence electrons. The van der Waals surface area contributed by atoms with Gasteiger partial charge >= 0.3 is 0 Å². The number of rotatable bonds is 10. The molecule has 0 unspecified atom stereocenters. The summed E-state index contributed by atoms with van der Waals surface area (Å²) in [5, 5.41) is 5.07. The highest BCUT2D eigenvalue weighted by Gasteiger charge is 2.36. The van der Waals surface area contributed by atoms with Crippen LogP contribution in [0.25, 0.3) is 0 Å². The first-order valence-corrected chi connectivity index (χ1v) is 13.9. The number of primary amides is 1. The molecular weight excluding hydrogens is 526 g/mol. The molecule has 4 rings (SSSR count). The minimum atomic E-state index is -1.02. The van der Waals surface area contributed by atoms with Gasteiger partial charge < -0.3 is 31.2 Å². The second-order valence-corrected chi connectivity index (χ2v) is 10.8. The van der Waals surface area contributed by atoms with E-state index in [1.165, 1.54) is 30.5 Å². The molecule has 0 bridgehead atoms. The molecule has 0 spiro atoms. The van der Waals surface area contributed by atoms with Crippen LogP contribution in [0.3, 0.4) is 0 Å². The van der Waals surface area contributed by atoms with Crippen molar-refractivity contribution in [2.24, 2.45) is 5.73 Å². The first kappa shape index (κ1) is 27.4. The smallest absolute Gasteiger partial charge is 0.270 e. The molecule has 10 nitrogen and oxygen atoms in total. The number of nitrogen functional groups attached to an aromatic ring is 1. The predicted octanol–water partition coefficient (Wildman–Crippen LogP) is 3.74. The molecule has 0 radical (unpaired) electrons. The van der Waals surface area contributed by atoms with Crippen molar-refractivity contribution >= 4 is 46.3 Å². The Labute approximate surface area is 229 Å². The Kier molecular flexibility index (Phi) is 8.85. The number of nitrogens with zero attached hydrogens (tertiary/aromatic N) is 2. The van der Waals surface area contributed by atoms with Gasteiger partial charge in [-0.3, -0.25) is 14.4 Å². The van der Waals surface area contributed by atoms with Crippen LogP contribution in [0.4, 0.5) is 5.69 Å². The van der Waals surface area contributed by atoms with Gasteiger partial charge in [-0.05, 0) is 53.5 Å². The van der Waals surface area contributed by atoms with Gasteiger partial charge in [0.2, 0.25) is 5.91 Å². The number of benzene rings is 1. The van der Waals surface area contributed by atoms with Gasteiger partial charge in [0.15, 0.2) is 17.2 Å². The molecule has 2 aromatic heterocycles. The molecule has 1 aromatic carbocycles. The number of nitrogens with one attached hydrogen (secondary N) is 1. The van der Waals surface area contributed by atoms with Crippen molar-refractivity contribution in [1.29, 1.82) is 0 Å². The molecule has 1 saturated carbocycles. The summed E-state index contributed by atoms with van der Waals surface area (Å²) < 4.78 is 14.9. The molecule has 1 atom stereocenters. The first-order valence-electron chi connectivity index (χ1n) is 12.2. The monoisotopic (exact) mass is 557 g/mol. The van der Waals surface area contributed by atoms with Gasteiger partial charge in [0, 0.05) is 10.9 Å². The van der Waals surface area contributed by atoms with Gasteiger partial charge in [0.1, 0.15) is 10.9 Å². The lowest BCUT2D eigenvalue weighted by Crippen LogP contribution is -2.46. The molecule has 0 saturated heterocycles. The Morgan fingerprint density at radius 3 is 2.47 bits per heavy atom. The fourth-order valence-corrected chi connectivity index (χ4v) is 6.10. The third kappa shape index (κ3) is 5.91. The largest absolute Gasteiger partial charge is 0.493 e. The Morgan fingerprint density at radius 2 is 1.87 bits per heavy atom. The van der Waals surface area contributed by atoms with E-state index in [9.17, 15) is 14.4 Å². The fraction of sp³-hybridized carbons (Fsp3) is 0.385. The Morgan fingerprint density at radius 1 is 1.13 bits per heavy atom. The number of carbonyl (C=O) groups excluding carboxylic acids is 3. The molecule has 0 aliphatic heterocycles. The van der Waals surface area contributed by atoms with Crippen LogP contribution in [0.2, 0.25) is 0 Å². The summed E-state index contributed by atoms with van der Waals surface area (Å²) in [6, 6.07) is 7.91. The highest BCUT2D eigenvalue weighted by atomic mass is 32.1. The van der Waals surface area contributed by atoms with Crippen molar-refractivity contribution < 1.29 is 23.9 Å². The summed E-state index contributed by atoms with van der Waals surface area (Å²) in [6.07, 6.45) is 4.98. The lowest BCUT2D eigenvalue weighted by Gasteiger charge is -2.33. The number of hydrogen-bond acceptors (Lipinski definition) is 9. The normalized spacial score (nSPS) is 14.5. The van der Waals surface area contributed by atoms with Gasteiger partial charge in [-0.15, -0.1) is 11.3 Å². The van der Waals surface area contributed by atoms with Gasteiger partial charge in [-0.1, -0.05) is 31.4 Å². The molecule has 5 N–H and O–H groups in total. The van der Waals surface area contributed by atoms with Gasteiger partial charge in [-0.2, -0.15) is 4.37 Å². The minimum Gasteiger partial charge on any atom is -0.493 e. The molecule has 12 heteroatoms. The van der Waals surface area contributed by atoms with Gasteiger partial charge in [-0.25, -0.2) is 0 Å². The van der Waals surface area contributed by atoms with E-state index in [0.29, 0.717) is 17.1 Å².